The number of aryl methyl sites for hydroxylation is 2. The molecule has 1 aromatic carbocycles. The summed E-state index contributed by atoms with van der Waals surface area (Å²) in [7, 11) is 0. The Labute approximate surface area is 135 Å². The Morgan fingerprint density at radius 3 is 2.74 bits per heavy atom. The van der Waals surface area contributed by atoms with Gasteiger partial charge >= 0.3 is 0 Å². The quantitative estimate of drug-likeness (QED) is 0.855. The van der Waals surface area contributed by atoms with Gasteiger partial charge in [0.1, 0.15) is 0 Å². The lowest BCUT2D eigenvalue weighted by Gasteiger charge is -2.15. The number of hydrogen-bond acceptors (Lipinski definition) is 5. The first kappa shape index (κ1) is 17.1. The SMILES string of the molecule is CCc1noc(-c2ccc(C)c(NC(=O)CC(O)C(C)C)c2)n1. The number of nitrogens with one attached hydrogen (secondary N) is 1. The van der Waals surface area contributed by atoms with Gasteiger partial charge in [-0.3, -0.25) is 4.79 Å². The zero-order valence-electron chi connectivity index (χ0n) is 14.0. The van der Waals surface area contributed by atoms with Gasteiger partial charge in [0.15, 0.2) is 5.82 Å². The molecule has 6 nitrogen and oxygen atoms in total. The van der Waals surface area contributed by atoms with Gasteiger partial charge in [-0.1, -0.05) is 32.0 Å². The molecule has 0 spiro atoms. The number of rotatable bonds is 6. The Hall–Kier alpha value is -2.21. The lowest BCUT2D eigenvalue weighted by molar-refractivity contribution is -0.118. The van der Waals surface area contributed by atoms with Crippen molar-refractivity contribution in [2.45, 2.75) is 46.6 Å². The second-order valence-electron chi connectivity index (χ2n) is 5.96. The molecule has 1 aromatic heterocycles. The van der Waals surface area contributed by atoms with E-state index in [2.05, 4.69) is 15.5 Å². The van der Waals surface area contributed by atoms with Crippen molar-refractivity contribution in [1.29, 1.82) is 0 Å². The van der Waals surface area contributed by atoms with Gasteiger partial charge in [0.25, 0.3) is 5.89 Å². The summed E-state index contributed by atoms with van der Waals surface area (Å²) in [4.78, 5) is 16.3. The molecule has 0 aliphatic heterocycles. The monoisotopic (exact) mass is 317 g/mol. The van der Waals surface area contributed by atoms with E-state index in [1.54, 1.807) is 0 Å². The van der Waals surface area contributed by atoms with E-state index in [1.807, 2.05) is 45.9 Å². The zero-order chi connectivity index (χ0) is 17.0. The van der Waals surface area contributed by atoms with Gasteiger partial charge in [0, 0.05) is 17.7 Å². The normalized spacial score (nSPS) is 12.4. The van der Waals surface area contributed by atoms with Crippen LogP contribution in [0.3, 0.4) is 0 Å². The molecule has 0 bridgehead atoms. The Morgan fingerprint density at radius 1 is 1.39 bits per heavy atom. The average molecular weight is 317 g/mol. The Balaban J connectivity index is 2.16. The predicted octanol–water partition coefficient (Wildman–Crippen LogP) is 2.95. The highest BCUT2D eigenvalue weighted by Gasteiger charge is 2.16. The number of aliphatic hydroxyl groups excluding tert-OH is 1. The molecule has 2 aromatic rings. The molecule has 124 valence electrons. The molecule has 1 amide bonds. The van der Waals surface area contributed by atoms with Crippen molar-refractivity contribution >= 4 is 11.6 Å². The summed E-state index contributed by atoms with van der Waals surface area (Å²) in [6.45, 7) is 7.62. The summed E-state index contributed by atoms with van der Waals surface area (Å²) in [6.07, 6.45) is 0.120. The molecule has 0 aliphatic rings. The van der Waals surface area contributed by atoms with Gasteiger partial charge in [-0.05, 0) is 30.5 Å². The first-order valence-electron chi connectivity index (χ1n) is 7.82. The topological polar surface area (TPSA) is 88.2 Å². The van der Waals surface area contributed by atoms with E-state index in [-0.39, 0.29) is 18.2 Å². The van der Waals surface area contributed by atoms with Gasteiger partial charge in [0.05, 0.1) is 12.5 Å². The van der Waals surface area contributed by atoms with Crippen molar-refractivity contribution in [3.63, 3.8) is 0 Å². The first-order valence-corrected chi connectivity index (χ1v) is 7.82. The fraction of sp³-hybridized carbons (Fsp3) is 0.471. The van der Waals surface area contributed by atoms with Crippen molar-refractivity contribution in [2.75, 3.05) is 5.32 Å². The number of aliphatic hydroxyl groups is 1. The van der Waals surface area contributed by atoms with E-state index in [0.29, 0.717) is 23.8 Å². The molecule has 0 saturated carbocycles. The van der Waals surface area contributed by atoms with Crippen LogP contribution in [0.1, 0.15) is 38.6 Å². The largest absolute Gasteiger partial charge is 0.392 e. The van der Waals surface area contributed by atoms with Crippen molar-refractivity contribution in [3.05, 3.63) is 29.6 Å². The summed E-state index contributed by atoms with van der Waals surface area (Å²) in [5, 5.41) is 16.5. The minimum atomic E-state index is -0.651. The molecule has 2 N–H and O–H groups in total. The molecule has 6 heteroatoms. The lowest BCUT2D eigenvalue weighted by Crippen LogP contribution is -2.23. The Morgan fingerprint density at radius 2 is 2.13 bits per heavy atom. The molecule has 23 heavy (non-hydrogen) atoms. The number of carbonyl (C=O) groups excluding carboxylic acids is 1. The predicted molar refractivity (Wildman–Crippen MR) is 87.9 cm³/mol. The molecular formula is C17H23N3O3. The number of nitrogens with zero attached hydrogens (tertiary/aromatic N) is 2. The lowest BCUT2D eigenvalue weighted by atomic mass is 10.0. The minimum absolute atomic E-state index is 0.0408. The Bertz CT molecular complexity index is 679. The summed E-state index contributed by atoms with van der Waals surface area (Å²) in [5.74, 6) is 0.899. The third kappa shape index (κ3) is 4.39. The average Bonchev–Trinajstić information content (AvgIpc) is 2.98. The molecule has 1 unspecified atom stereocenters. The summed E-state index contributed by atoms with van der Waals surface area (Å²) < 4.78 is 5.22. The van der Waals surface area contributed by atoms with Crippen LogP contribution in [-0.4, -0.2) is 27.3 Å². The van der Waals surface area contributed by atoms with Gasteiger partial charge in [-0.2, -0.15) is 4.98 Å². The fourth-order valence-corrected chi connectivity index (χ4v) is 2.03. The number of benzene rings is 1. The van der Waals surface area contributed by atoms with Crippen LogP contribution in [0.2, 0.25) is 0 Å². The first-order chi connectivity index (χ1) is 10.9. The van der Waals surface area contributed by atoms with Crippen molar-refractivity contribution in [2.24, 2.45) is 5.92 Å². The molecule has 0 fully saturated rings. The van der Waals surface area contributed by atoms with Crippen LogP contribution < -0.4 is 5.32 Å². The maximum Gasteiger partial charge on any atom is 0.257 e. The highest BCUT2D eigenvalue weighted by atomic mass is 16.5. The molecule has 0 saturated heterocycles. The van der Waals surface area contributed by atoms with Gasteiger partial charge in [-0.25, -0.2) is 0 Å². The number of hydrogen-bond donors (Lipinski definition) is 2. The zero-order valence-corrected chi connectivity index (χ0v) is 14.0. The van der Waals surface area contributed by atoms with Crippen molar-refractivity contribution in [3.8, 4) is 11.5 Å². The van der Waals surface area contributed by atoms with E-state index in [9.17, 15) is 9.90 Å². The van der Waals surface area contributed by atoms with E-state index in [0.717, 1.165) is 11.1 Å². The molecular weight excluding hydrogens is 294 g/mol. The third-order valence-corrected chi connectivity index (χ3v) is 3.71. The number of amides is 1. The van der Waals surface area contributed by atoms with Crippen LogP contribution in [0.4, 0.5) is 5.69 Å². The van der Waals surface area contributed by atoms with Crippen molar-refractivity contribution in [1.82, 2.24) is 10.1 Å². The van der Waals surface area contributed by atoms with Gasteiger partial charge < -0.3 is 14.9 Å². The van der Waals surface area contributed by atoms with E-state index >= 15 is 0 Å². The van der Waals surface area contributed by atoms with Crippen LogP contribution in [0.15, 0.2) is 22.7 Å². The molecule has 0 radical (unpaired) electrons. The van der Waals surface area contributed by atoms with Crippen LogP contribution in [0.25, 0.3) is 11.5 Å². The second kappa shape index (κ2) is 7.37. The summed E-state index contributed by atoms with van der Waals surface area (Å²) >= 11 is 0. The molecule has 2 rings (SSSR count). The highest BCUT2D eigenvalue weighted by molar-refractivity contribution is 5.92. The number of aromatic nitrogens is 2. The van der Waals surface area contributed by atoms with Crippen LogP contribution in [-0.2, 0) is 11.2 Å². The molecule has 0 aliphatic carbocycles. The third-order valence-electron chi connectivity index (χ3n) is 3.71. The minimum Gasteiger partial charge on any atom is -0.392 e. The van der Waals surface area contributed by atoms with Gasteiger partial charge in [-0.15, -0.1) is 0 Å². The summed E-state index contributed by atoms with van der Waals surface area (Å²) in [5.41, 5.74) is 2.36. The fourth-order valence-electron chi connectivity index (χ4n) is 2.03. The number of anilines is 1. The van der Waals surface area contributed by atoms with E-state index in [1.165, 1.54) is 0 Å². The standard InChI is InChI=1S/C17H23N3O3/c1-5-15-19-17(23-20-15)12-7-6-11(4)13(8-12)18-16(22)9-14(21)10(2)3/h6-8,10,14,21H,5,9H2,1-4H3,(H,18,22). The van der Waals surface area contributed by atoms with Crippen LogP contribution in [0, 0.1) is 12.8 Å². The maximum atomic E-state index is 12.1. The van der Waals surface area contributed by atoms with Crippen LogP contribution in [0.5, 0.6) is 0 Å². The maximum absolute atomic E-state index is 12.1. The van der Waals surface area contributed by atoms with E-state index < -0.39 is 6.10 Å². The molecule has 1 atom stereocenters. The highest BCUT2D eigenvalue weighted by Crippen LogP contribution is 2.24. The smallest absolute Gasteiger partial charge is 0.257 e. The number of carbonyl (C=O) groups is 1. The van der Waals surface area contributed by atoms with E-state index in [4.69, 9.17) is 4.52 Å². The second-order valence-corrected chi connectivity index (χ2v) is 5.96. The Kier molecular flexibility index (Phi) is 5.50. The van der Waals surface area contributed by atoms with Gasteiger partial charge in [0.2, 0.25) is 5.91 Å². The summed E-state index contributed by atoms with van der Waals surface area (Å²) in [6, 6.07) is 5.57. The van der Waals surface area contributed by atoms with Crippen LogP contribution >= 0.6 is 0 Å². The molecule has 1 heterocycles. The van der Waals surface area contributed by atoms with Crippen molar-refractivity contribution < 1.29 is 14.4 Å².